The third-order valence-electron chi connectivity index (χ3n) is 10.6. The van der Waals surface area contributed by atoms with Crippen molar-refractivity contribution in [3.63, 3.8) is 0 Å². The molecule has 4 heterocycles. The van der Waals surface area contributed by atoms with Crippen LogP contribution in [-0.4, -0.2) is 98.1 Å². The Labute approximate surface area is 366 Å². The highest BCUT2D eigenvalue weighted by atomic mass is 35.5. The number of nitrogens with zero attached hydrogens (tertiary/aromatic N) is 4. The fourth-order valence-electron chi connectivity index (χ4n) is 7.06. The summed E-state index contributed by atoms with van der Waals surface area (Å²) in [4.78, 5) is 19.8. The van der Waals surface area contributed by atoms with Crippen LogP contribution in [0.1, 0.15) is 90.0 Å². The molecule has 2 saturated heterocycles. The molecule has 6 rings (SSSR count). The number of rotatable bonds is 20. The average molecular weight is 868 g/mol. The minimum absolute atomic E-state index is 0.0313. The SMILES string of the molecule is CCCCO[C@@H]1COC[C@@H]1Nc1nc(CC)c(-c2ccc(OC)cc2Cl)nc1CC.CCCCO[C@H]1COC[C@H]1Nc1nc(CC)c(-c2ccc(OC)cc2Cl)nc1CC. The minimum atomic E-state index is 0.0313. The van der Waals surface area contributed by atoms with Crippen LogP contribution < -0.4 is 20.1 Å². The quantitative estimate of drug-likeness (QED) is 0.0820. The maximum Gasteiger partial charge on any atom is 0.148 e. The first-order valence-corrected chi connectivity index (χ1v) is 22.4. The molecule has 60 heavy (non-hydrogen) atoms. The second-order valence-corrected chi connectivity index (χ2v) is 15.7. The van der Waals surface area contributed by atoms with E-state index in [4.69, 9.17) is 71.6 Å². The third kappa shape index (κ3) is 12.2. The molecule has 2 N–H and O–H groups in total. The van der Waals surface area contributed by atoms with E-state index in [1.54, 1.807) is 14.2 Å². The Balaban J connectivity index is 0.000000228. The lowest BCUT2D eigenvalue weighted by Gasteiger charge is -2.22. The second-order valence-electron chi connectivity index (χ2n) is 14.8. The van der Waals surface area contributed by atoms with Crippen molar-refractivity contribution in [2.45, 2.75) is 117 Å². The van der Waals surface area contributed by atoms with Crippen molar-refractivity contribution in [3.8, 4) is 34.0 Å². The molecule has 0 amide bonds. The summed E-state index contributed by atoms with van der Waals surface area (Å²) in [6, 6.07) is 11.4. The van der Waals surface area contributed by atoms with Gasteiger partial charge < -0.3 is 39.1 Å². The zero-order chi connectivity index (χ0) is 43.0. The zero-order valence-corrected chi connectivity index (χ0v) is 38.2. The van der Waals surface area contributed by atoms with Crippen LogP contribution in [0.2, 0.25) is 10.0 Å². The fourth-order valence-corrected chi connectivity index (χ4v) is 7.58. The van der Waals surface area contributed by atoms with Gasteiger partial charge in [-0.2, -0.15) is 0 Å². The van der Waals surface area contributed by atoms with Crippen molar-refractivity contribution in [1.29, 1.82) is 0 Å². The first-order chi connectivity index (χ1) is 29.2. The standard InChI is InChI=1S/2C23H32ClN3O3/c2*1-5-8-11-30-21-14-29-13-20(21)27-23-19(7-3)25-22(18(6-2)26-23)16-10-9-15(28-4)12-17(16)24/h2*9-10,12,20-21H,5-8,11,13-14H2,1-4H3,(H,26,27)/t2*20-,21+/m10/s1. The Morgan fingerprint density at radius 1 is 0.567 bits per heavy atom. The van der Waals surface area contributed by atoms with Crippen LogP contribution in [0, 0.1) is 0 Å². The minimum Gasteiger partial charge on any atom is -0.497 e. The van der Waals surface area contributed by atoms with Gasteiger partial charge in [0.15, 0.2) is 0 Å². The smallest absolute Gasteiger partial charge is 0.148 e. The number of benzene rings is 2. The van der Waals surface area contributed by atoms with E-state index in [2.05, 4.69) is 52.2 Å². The van der Waals surface area contributed by atoms with Crippen molar-refractivity contribution in [2.75, 3.05) is 64.5 Å². The molecule has 0 spiro atoms. The highest BCUT2D eigenvalue weighted by molar-refractivity contribution is 6.33. The number of aryl methyl sites for hydroxylation is 4. The van der Waals surface area contributed by atoms with Crippen LogP contribution >= 0.6 is 23.2 Å². The molecule has 4 atom stereocenters. The molecule has 2 aliphatic heterocycles. The Bertz CT molecular complexity index is 1830. The van der Waals surface area contributed by atoms with E-state index in [0.717, 1.165) is 133 Å². The van der Waals surface area contributed by atoms with Gasteiger partial charge >= 0.3 is 0 Å². The lowest BCUT2D eigenvalue weighted by atomic mass is 10.1. The normalized spacial score (nSPS) is 18.6. The molecule has 328 valence electrons. The van der Waals surface area contributed by atoms with Gasteiger partial charge in [0, 0.05) is 24.3 Å². The summed E-state index contributed by atoms with van der Waals surface area (Å²) in [5.74, 6) is 3.06. The number of unbranched alkanes of at least 4 members (excludes halogenated alkanes) is 2. The monoisotopic (exact) mass is 866 g/mol. The molecule has 2 aromatic carbocycles. The number of anilines is 2. The maximum atomic E-state index is 6.53. The van der Waals surface area contributed by atoms with Gasteiger partial charge in [-0.05, 0) is 74.9 Å². The van der Waals surface area contributed by atoms with Gasteiger partial charge in [-0.1, -0.05) is 77.6 Å². The molecule has 0 unspecified atom stereocenters. The molecule has 14 heteroatoms. The van der Waals surface area contributed by atoms with E-state index in [1.807, 2.05) is 36.4 Å². The van der Waals surface area contributed by atoms with Crippen LogP contribution in [0.15, 0.2) is 36.4 Å². The van der Waals surface area contributed by atoms with Gasteiger partial charge in [0.05, 0.1) is 96.9 Å². The molecule has 0 radical (unpaired) electrons. The molecular formula is C46H64Cl2N6O6. The van der Waals surface area contributed by atoms with Crippen molar-refractivity contribution in [1.82, 2.24) is 19.9 Å². The van der Waals surface area contributed by atoms with Gasteiger partial charge in [0.2, 0.25) is 0 Å². The lowest BCUT2D eigenvalue weighted by molar-refractivity contribution is 0.0380. The molecule has 2 fully saturated rings. The number of aromatic nitrogens is 4. The highest BCUT2D eigenvalue weighted by Gasteiger charge is 2.32. The lowest BCUT2D eigenvalue weighted by Crippen LogP contribution is -2.35. The topological polar surface area (TPSA) is 131 Å². The molecule has 4 aromatic rings. The summed E-state index contributed by atoms with van der Waals surface area (Å²) in [7, 11) is 3.26. The van der Waals surface area contributed by atoms with E-state index in [1.165, 1.54) is 0 Å². The average Bonchev–Trinajstić information content (AvgIpc) is 3.92. The summed E-state index contributed by atoms with van der Waals surface area (Å²) in [6.07, 6.45) is 7.43. The van der Waals surface area contributed by atoms with E-state index in [-0.39, 0.29) is 24.3 Å². The van der Waals surface area contributed by atoms with E-state index >= 15 is 0 Å². The third-order valence-corrected chi connectivity index (χ3v) is 11.3. The number of ether oxygens (including phenoxy) is 6. The Hall–Kier alpha value is -3.78. The summed E-state index contributed by atoms with van der Waals surface area (Å²) in [6.45, 7) is 16.6. The van der Waals surface area contributed by atoms with Crippen LogP contribution in [0.25, 0.3) is 22.5 Å². The van der Waals surface area contributed by atoms with E-state index in [9.17, 15) is 0 Å². The van der Waals surface area contributed by atoms with E-state index < -0.39 is 0 Å². The summed E-state index contributed by atoms with van der Waals surface area (Å²) in [5.41, 5.74) is 7.02. The van der Waals surface area contributed by atoms with Gasteiger partial charge in [-0.25, -0.2) is 19.9 Å². The number of hydrogen-bond acceptors (Lipinski definition) is 12. The van der Waals surface area contributed by atoms with Crippen molar-refractivity contribution >= 4 is 34.8 Å². The van der Waals surface area contributed by atoms with Crippen molar-refractivity contribution < 1.29 is 28.4 Å². The number of halogens is 2. The Morgan fingerprint density at radius 2 is 0.967 bits per heavy atom. The van der Waals surface area contributed by atoms with Gasteiger partial charge in [0.1, 0.15) is 35.3 Å². The summed E-state index contributed by atoms with van der Waals surface area (Å²) in [5, 5.41) is 8.31. The second kappa shape index (κ2) is 24.0. The Kier molecular flexibility index (Phi) is 18.9. The van der Waals surface area contributed by atoms with Crippen LogP contribution in [0.4, 0.5) is 11.6 Å². The number of nitrogens with one attached hydrogen (secondary N) is 2. The fraction of sp³-hybridized carbons (Fsp3) is 0.565. The molecule has 0 bridgehead atoms. The molecule has 0 aliphatic carbocycles. The Morgan fingerprint density at radius 3 is 1.30 bits per heavy atom. The summed E-state index contributed by atoms with van der Waals surface area (Å²) < 4.78 is 33.9. The predicted octanol–water partition coefficient (Wildman–Crippen LogP) is 9.85. The maximum absolute atomic E-state index is 6.53. The predicted molar refractivity (Wildman–Crippen MR) is 241 cm³/mol. The molecule has 2 aromatic heterocycles. The number of hydrogen-bond donors (Lipinski definition) is 2. The molecule has 0 saturated carbocycles. The molecule has 12 nitrogen and oxygen atoms in total. The van der Waals surface area contributed by atoms with Gasteiger partial charge in [0.25, 0.3) is 0 Å². The highest BCUT2D eigenvalue weighted by Crippen LogP contribution is 2.35. The largest absolute Gasteiger partial charge is 0.497 e. The van der Waals surface area contributed by atoms with Gasteiger partial charge in [-0.3, -0.25) is 0 Å². The first-order valence-electron chi connectivity index (χ1n) is 21.6. The van der Waals surface area contributed by atoms with Crippen molar-refractivity contribution in [2.24, 2.45) is 0 Å². The van der Waals surface area contributed by atoms with Gasteiger partial charge in [-0.15, -0.1) is 0 Å². The summed E-state index contributed by atoms with van der Waals surface area (Å²) >= 11 is 13.1. The molecular weight excluding hydrogens is 803 g/mol. The zero-order valence-electron chi connectivity index (χ0n) is 36.7. The first kappa shape index (κ1) is 47.3. The van der Waals surface area contributed by atoms with E-state index in [0.29, 0.717) is 36.5 Å². The molecule has 2 aliphatic rings. The van der Waals surface area contributed by atoms with Crippen LogP contribution in [0.3, 0.4) is 0 Å². The van der Waals surface area contributed by atoms with Crippen LogP contribution in [-0.2, 0) is 44.6 Å². The van der Waals surface area contributed by atoms with Crippen molar-refractivity contribution in [3.05, 3.63) is 69.2 Å². The van der Waals surface area contributed by atoms with Crippen LogP contribution in [0.5, 0.6) is 11.5 Å². The number of methoxy groups -OCH3 is 2.